The minimum Gasteiger partial charge on any atom is -0.444 e. The Hall–Kier alpha value is -4.78. The van der Waals surface area contributed by atoms with Gasteiger partial charge in [0.2, 0.25) is 0 Å². The lowest BCUT2D eigenvalue weighted by Crippen LogP contribution is -2.60. The predicted molar refractivity (Wildman–Crippen MR) is 166 cm³/mol. The van der Waals surface area contributed by atoms with Gasteiger partial charge in [-0.2, -0.15) is 10.2 Å². The van der Waals surface area contributed by atoms with E-state index in [4.69, 9.17) is 14.6 Å². The monoisotopic (exact) mass is 631 g/mol. The number of hydrogen-bond donors (Lipinski definition) is 0. The van der Waals surface area contributed by atoms with Crippen LogP contribution < -0.4 is 5.69 Å². The fourth-order valence-electron chi connectivity index (χ4n) is 6.56. The highest BCUT2D eigenvalue weighted by Crippen LogP contribution is 2.46. The number of imidazole rings is 1. The highest BCUT2D eigenvalue weighted by molar-refractivity contribution is 5.81. The number of amides is 1. The Kier molecular flexibility index (Phi) is 6.57. The van der Waals surface area contributed by atoms with E-state index in [1.165, 1.54) is 27.6 Å². The van der Waals surface area contributed by atoms with Crippen LogP contribution in [0.15, 0.2) is 47.7 Å². The first kappa shape index (κ1) is 29.9. The van der Waals surface area contributed by atoms with Gasteiger partial charge < -0.3 is 14.4 Å². The zero-order valence-electron chi connectivity index (χ0n) is 26.8. The molecule has 5 aromatic rings. The number of carbonyl (C=O) groups is 1. The molecule has 0 bridgehead atoms. The number of halogens is 2. The van der Waals surface area contributed by atoms with Crippen molar-refractivity contribution in [2.45, 2.75) is 58.6 Å². The number of aromatic nitrogens is 6. The zero-order valence-corrected chi connectivity index (χ0v) is 26.8. The molecule has 0 N–H and O–H groups in total. The molecule has 1 amide bonds. The van der Waals surface area contributed by atoms with Gasteiger partial charge in [0.15, 0.2) is 5.82 Å². The van der Waals surface area contributed by atoms with Crippen molar-refractivity contribution in [3.05, 3.63) is 87.4 Å². The summed E-state index contributed by atoms with van der Waals surface area (Å²) in [4.78, 5) is 29.5. The fourth-order valence-corrected chi connectivity index (χ4v) is 6.56. The average Bonchev–Trinajstić information content (AvgIpc) is 3.65. The molecule has 3 aromatic heterocycles. The third-order valence-corrected chi connectivity index (χ3v) is 8.92. The Morgan fingerprint density at radius 3 is 2.37 bits per heavy atom. The number of rotatable bonds is 3. The van der Waals surface area contributed by atoms with Gasteiger partial charge in [-0.3, -0.25) is 13.8 Å². The van der Waals surface area contributed by atoms with E-state index in [1.54, 1.807) is 80.3 Å². The molecule has 2 aliphatic heterocycles. The quantitative estimate of drug-likeness (QED) is 0.272. The molecule has 5 heterocycles. The van der Waals surface area contributed by atoms with Crippen molar-refractivity contribution in [1.29, 1.82) is 0 Å². The molecule has 240 valence electrons. The summed E-state index contributed by atoms with van der Waals surface area (Å²) in [7, 11) is 1.72. The number of nitrogens with zero attached hydrogens (tertiary/aromatic N) is 7. The number of ether oxygens (including phenoxy) is 2. The Morgan fingerprint density at radius 2 is 1.74 bits per heavy atom. The second-order valence-electron chi connectivity index (χ2n) is 13.4. The first-order valence-electron chi connectivity index (χ1n) is 15.1. The first-order valence-corrected chi connectivity index (χ1v) is 15.1. The van der Waals surface area contributed by atoms with Gasteiger partial charge in [0, 0.05) is 31.5 Å². The molecule has 1 fully saturated rings. The largest absolute Gasteiger partial charge is 0.444 e. The maximum absolute atomic E-state index is 15.8. The second kappa shape index (κ2) is 10.1. The molecule has 46 heavy (non-hydrogen) atoms. The molecule has 11 nitrogen and oxygen atoms in total. The van der Waals surface area contributed by atoms with Crippen molar-refractivity contribution in [3.8, 4) is 17.2 Å². The summed E-state index contributed by atoms with van der Waals surface area (Å²) in [5, 5.41) is 9.50. The molecule has 0 radical (unpaired) electrons. The van der Waals surface area contributed by atoms with Crippen LogP contribution in [-0.2, 0) is 21.9 Å². The summed E-state index contributed by atoms with van der Waals surface area (Å²) in [5.41, 5.74) is 1.39. The van der Waals surface area contributed by atoms with Gasteiger partial charge in [0.25, 0.3) is 0 Å². The SMILES string of the molecule is Cc1cc(-n2nc3c(c2-n2ccn(-c4ccc5c(cnn5C)c4F)c2=O)[C@H](C)N(C(=O)OC(C)(C)C)CC32COC2)cc(C)c1F. The van der Waals surface area contributed by atoms with Crippen molar-refractivity contribution in [2.75, 3.05) is 19.8 Å². The lowest BCUT2D eigenvalue weighted by molar-refractivity contribution is -0.0895. The van der Waals surface area contributed by atoms with Gasteiger partial charge in [0.1, 0.15) is 17.2 Å². The summed E-state index contributed by atoms with van der Waals surface area (Å²) < 4.78 is 47.9. The molecule has 2 aliphatic rings. The van der Waals surface area contributed by atoms with Gasteiger partial charge in [0.05, 0.1) is 58.8 Å². The van der Waals surface area contributed by atoms with Crippen LogP contribution in [0.1, 0.15) is 56.1 Å². The van der Waals surface area contributed by atoms with E-state index in [0.29, 0.717) is 59.2 Å². The highest BCUT2D eigenvalue weighted by atomic mass is 19.1. The van der Waals surface area contributed by atoms with Crippen molar-refractivity contribution in [3.63, 3.8) is 0 Å². The van der Waals surface area contributed by atoms with Crippen LogP contribution in [0.3, 0.4) is 0 Å². The maximum atomic E-state index is 15.8. The van der Waals surface area contributed by atoms with Crippen molar-refractivity contribution >= 4 is 17.0 Å². The lowest BCUT2D eigenvalue weighted by Gasteiger charge is -2.49. The Labute approximate surface area is 263 Å². The van der Waals surface area contributed by atoms with E-state index in [-0.39, 0.29) is 16.9 Å². The number of benzene rings is 2. The topological polar surface area (TPSA) is 101 Å². The molecular weight excluding hydrogens is 596 g/mol. The minimum absolute atomic E-state index is 0.0601. The Balaban J connectivity index is 1.47. The maximum Gasteiger partial charge on any atom is 0.410 e. The van der Waals surface area contributed by atoms with Crippen molar-refractivity contribution in [2.24, 2.45) is 7.05 Å². The minimum atomic E-state index is -0.732. The highest BCUT2D eigenvalue weighted by Gasteiger charge is 2.53. The van der Waals surface area contributed by atoms with E-state index in [1.807, 2.05) is 6.92 Å². The van der Waals surface area contributed by atoms with E-state index in [9.17, 15) is 14.0 Å². The number of aryl methyl sites for hydroxylation is 3. The molecule has 0 aliphatic carbocycles. The normalized spacial score (nSPS) is 17.4. The van der Waals surface area contributed by atoms with E-state index in [0.717, 1.165) is 0 Å². The summed E-state index contributed by atoms with van der Waals surface area (Å²) in [6.45, 7) is 11.6. The lowest BCUT2D eigenvalue weighted by atomic mass is 9.75. The summed E-state index contributed by atoms with van der Waals surface area (Å²) in [6.07, 6.45) is 3.97. The zero-order chi connectivity index (χ0) is 32.9. The fraction of sp³-hybridized carbons (Fsp3) is 0.394. The van der Waals surface area contributed by atoms with E-state index >= 15 is 4.39 Å². The van der Waals surface area contributed by atoms with Gasteiger partial charge in [-0.15, -0.1) is 0 Å². The van der Waals surface area contributed by atoms with Crippen LogP contribution in [0.2, 0.25) is 0 Å². The van der Waals surface area contributed by atoms with Crippen LogP contribution in [0, 0.1) is 25.5 Å². The molecule has 7 rings (SSSR count). The smallest absolute Gasteiger partial charge is 0.410 e. The third kappa shape index (κ3) is 4.39. The van der Waals surface area contributed by atoms with Crippen LogP contribution >= 0.6 is 0 Å². The van der Waals surface area contributed by atoms with Crippen molar-refractivity contribution < 1.29 is 23.0 Å². The van der Waals surface area contributed by atoms with Crippen LogP contribution in [0.5, 0.6) is 0 Å². The third-order valence-electron chi connectivity index (χ3n) is 8.92. The number of fused-ring (bicyclic) bond motifs is 3. The number of hydrogen-bond acceptors (Lipinski definition) is 6. The second-order valence-corrected chi connectivity index (χ2v) is 13.4. The average molecular weight is 632 g/mol. The van der Waals surface area contributed by atoms with Gasteiger partial charge in [-0.25, -0.2) is 23.1 Å². The first-order chi connectivity index (χ1) is 21.7. The van der Waals surface area contributed by atoms with Crippen molar-refractivity contribution in [1.82, 2.24) is 33.6 Å². The summed E-state index contributed by atoms with van der Waals surface area (Å²) in [5.74, 6) is -0.556. The predicted octanol–water partition coefficient (Wildman–Crippen LogP) is 5.18. The molecular formula is C33H35F2N7O4. The van der Waals surface area contributed by atoms with Gasteiger partial charge >= 0.3 is 11.8 Å². The van der Waals surface area contributed by atoms with Crippen LogP contribution in [-0.4, -0.2) is 65.0 Å². The van der Waals surface area contributed by atoms with E-state index < -0.39 is 34.7 Å². The van der Waals surface area contributed by atoms with Gasteiger partial charge in [-0.1, -0.05) is 0 Å². The Morgan fingerprint density at radius 1 is 1.07 bits per heavy atom. The van der Waals surface area contributed by atoms with Gasteiger partial charge in [-0.05, 0) is 76.9 Å². The van der Waals surface area contributed by atoms with Crippen LogP contribution in [0.25, 0.3) is 28.1 Å². The molecule has 1 atom stereocenters. The molecule has 0 unspecified atom stereocenters. The molecule has 2 aromatic carbocycles. The Bertz CT molecular complexity index is 2090. The molecule has 1 saturated heterocycles. The number of carbonyl (C=O) groups excluding carboxylic acids is 1. The van der Waals surface area contributed by atoms with E-state index in [2.05, 4.69) is 5.10 Å². The standard InChI is InChI=1S/C33H35F2N7O4/c1-18-12-21(13-19(2)26(18)34)42-29(40-11-10-39(30(40)43)24-9-8-23-22(27(24)35)14-36-38(23)7)25-20(3)41(31(44)46-32(4,5)6)15-33(16-45-17-33)28(25)37-42/h8-14,20H,15-17H2,1-7H3/t20-/m0/s1. The summed E-state index contributed by atoms with van der Waals surface area (Å²) >= 11 is 0. The molecule has 0 saturated carbocycles. The van der Waals surface area contributed by atoms with Crippen LogP contribution in [0.4, 0.5) is 13.6 Å². The molecule has 13 heteroatoms. The summed E-state index contributed by atoms with van der Waals surface area (Å²) in [6, 6.07) is 6.02. The molecule has 1 spiro atoms.